The highest BCUT2D eigenvalue weighted by atomic mass is 16.5. The first-order valence-corrected chi connectivity index (χ1v) is 18.4. The average Bonchev–Trinajstić information content (AvgIpc) is 3.26. The maximum atomic E-state index is 9.69. The minimum atomic E-state index is 0.655. The van der Waals surface area contributed by atoms with E-state index in [1.807, 2.05) is 54.9 Å². The molecular weight excluding hydrogens is 671 g/mol. The number of hydrogen-bond donors (Lipinski definition) is 0. The first-order chi connectivity index (χ1) is 27.2. The van der Waals surface area contributed by atoms with E-state index in [2.05, 4.69) is 132 Å². The van der Waals surface area contributed by atoms with E-state index in [0.29, 0.717) is 5.56 Å². The van der Waals surface area contributed by atoms with Crippen molar-refractivity contribution in [1.29, 1.82) is 5.26 Å². The maximum Gasteiger partial charge on any atom is 0.135 e. The number of pyridine rings is 2. The molecule has 0 radical (unpaired) electrons. The molecule has 254 valence electrons. The predicted molar refractivity (Wildman–Crippen MR) is 224 cm³/mol. The van der Waals surface area contributed by atoms with Gasteiger partial charge in [0.2, 0.25) is 0 Å². The zero-order valence-electron chi connectivity index (χ0n) is 29.5. The highest BCUT2D eigenvalue weighted by Gasteiger charge is 2.22. The first kappa shape index (κ1) is 31.0. The molecule has 0 aliphatic carbocycles. The molecule has 0 saturated carbocycles. The van der Waals surface area contributed by atoms with Gasteiger partial charge in [0.1, 0.15) is 11.5 Å². The number of hydrogen-bond acceptors (Lipinski definition) is 4. The summed E-state index contributed by atoms with van der Waals surface area (Å²) < 4.78 is 6.48. The van der Waals surface area contributed by atoms with Gasteiger partial charge in [-0.3, -0.25) is 4.98 Å². The number of ether oxygens (including phenoxy) is 1. The highest BCUT2D eigenvalue weighted by Crippen LogP contribution is 2.48. The van der Waals surface area contributed by atoms with Gasteiger partial charge in [-0.15, -0.1) is 0 Å². The maximum absolute atomic E-state index is 9.69. The van der Waals surface area contributed by atoms with Crippen LogP contribution in [0.2, 0.25) is 0 Å². The summed E-state index contributed by atoms with van der Waals surface area (Å²) in [5, 5.41) is 18.8. The van der Waals surface area contributed by atoms with Crippen LogP contribution in [0.4, 0.5) is 0 Å². The monoisotopic (exact) mass is 699 g/mol. The van der Waals surface area contributed by atoms with Gasteiger partial charge in [-0.05, 0) is 121 Å². The number of nitriles is 1. The lowest BCUT2D eigenvalue weighted by molar-refractivity contribution is 0.487. The lowest BCUT2D eigenvalue weighted by Gasteiger charge is -2.22. The van der Waals surface area contributed by atoms with Crippen LogP contribution < -0.4 is 4.74 Å². The average molecular weight is 700 g/mol. The predicted octanol–water partition coefficient (Wildman–Crippen LogP) is 13.4. The Morgan fingerprint density at radius 3 is 1.78 bits per heavy atom. The van der Waals surface area contributed by atoms with Crippen molar-refractivity contribution in [1.82, 2.24) is 9.97 Å². The Balaban J connectivity index is 1.01. The smallest absolute Gasteiger partial charge is 0.135 e. The summed E-state index contributed by atoms with van der Waals surface area (Å²) >= 11 is 0. The molecule has 11 rings (SSSR count). The molecule has 0 unspecified atom stereocenters. The topological polar surface area (TPSA) is 58.8 Å². The van der Waals surface area contributed by atoms with Crippen LogP contribution in [0, 0.1) is 11.3 Å². The molecule has 10 aromatic rings. The fourth-order valence-corrected chi connectivity index (χ4v) is 8.42. The van der Waals surface area contributed by atoms with Crippen molar-refractivity contribution in [2.45, 2.75) is 0 Å². The second-order valence-electron chi connectivity index (χ2n) is 14.0. The Hall–Kier alpha value is -7.61. The van der Waals surface area contributed by atoms with Gasteiger partial charge in [0.05, 0.1) is 23.0 Å². The summed E-state index contributed by atoms with van der Waals surface area (Å²) in [6, 6.07) is 59.8. The third kappa shape index (κ3) is 4.91. The summed E-state index contributed by atoms with van der Waals surface area (Å²) in [7, 11) is 0. The number of nitrogens with zero attached hydrogens (tertiary/aromatic N) is 3. The van der Waals surface area contributed by atoms with Gasteiger partial charge in [-0.2, -0.15) is 5.26 Å². The quantitative estimate of drug-likeness (QED) is 0.172. The van der Waals surface area contributed by atoms with Crippen molar-refractivity contribution in [3.8, 4) is 73.5 Å². The summed E-state index contributed by atoms with van der Waals surface area (Å²) in [6.07, 6.45) is 3.62. The van der Waals surface area contributed by atoms with Crippen LogP contribution in [0.25, 0.3) is 99.0 Å². The molecule has 0 spiro atoms. The number of aromatic nitrogens is 2. The summed E-state index contributed by atoms with van der Waals surface area (Å²) in [4.78, 5) is 9.34. The van der Waals surface area contributed by atoms with Gasteiger partial charge >= 0.3 is 0 Å². The van der Waals surface area contributed by atoms with Crippen LogP contribution in [0.1, 0.15) is 5.56 Å². The Kier molecular flexibility index (Phi) is 6.89. The van der Waals surface area contributed by atoms with Gasteiger partial charge in [0.15, 0.2) is 0 Å². The Morgan fingerprint density at radius 2 is 1.02 bits per heavy atom. The molecule has 0 saturated heterocycles. The van der Waals surface area contributed by atoms with Crippen LogP contribution in [0.5, 0.6) is 11.5 Å². The van der Waals surface area contributed by atoms with Gasteiger partial charge < -0.3 is 4.74 Å². The van der Waals surface area contributed by atoms with Crippen LogP contribution in [-0.4, -0.2) is 9.97 Å². The van der Waals surface area contributed by atoms with E-state index >= 15 is 0 Å². The largest absolute Gasteiger partial charge is 0.456 e. The lowest BCUT2D eigenvalue weighted by Crippen LogP contribution is -1.98. The fraction of sp³-hybridized carbons (Fsp3) is 0. The van der Waals surface area contributed by atoms with Gasteiger partial charge in [-0.1, -0.05) is 103 Å². The number of benzene rings is 8. The molecule has 3 heterocycles. The minimum Gasteiger partial charge on any atom is -0.456 e. The third-order valence-corrected chi connectivity index (χ3v) is 11.0. The van der Waals surface area contributed by atoms with E-state index in [1.165, 1.54) is 37.9 Å². The van der Waals surface area contributed by atoms with Gasteiger partial charge in [0, 0.05) is 39.9 Å². The molecule has 0 bridgehead atoms. The fourth-order valence-electron chi connectivity index (χ4n) is 8.42. The van der Waals surface area contributed by atoms with E-state index in [4.69, 9.17) is 9.72 Å². The second-order valence-corrected chi connectivity index (χ2v) is 14.0. The molecule has 4 heteroatoms. The zero-order valence-corrected chi connectivity index (χ0v) is 29.5. The molecule has 55 heavy (non-hydrogen) atoms. The third-order valence-electron chi connectivity index (χ3n) is 11.0. The van der Waals surface area contributed by atoms with E-state index in [1.54, 1.807) is 0 Å². The van der Waals surface area contributed by atoms with Crippen molar-refractivity contribution >= 4 is 43.1 Å². The Bertz CT molecular complexity index is 3230. The second kappa shape index (κ2) is 12.2. The highest BCUT2D eigenvalue weighted by molar-refractivity contribution is 6.23. The molecule has 0 atom stereocenters. The normalized spacial score (nSPS) is 11.8. The van der Waals surface area contributed by atoms with Crippen molar-refractivity contribution in [2.24, 2.45) is 0 Å². The van der Waals surface area contributed by atoms with E-state index < -0.39 is 0 Å². The number of fused-ring (bicyclic) bond motifs is 7. The standard InChI is InChI=1S/C51H29N3O/c52-30-35-20-22-42-41-21-19-34(27-50(41)55-49-14-5-11-36(35)51(42)49)31-15-17-32(18-16-31)43-28-44-39-9-3-4-10-40(39)46(29-45(44)38-8-2-1-7-37(38)43)48-13-6-12-47(54-48)33-23-25-53-26-24-33/h1-29H. The molecule has 2 aromatic heterocycles. The zero-order chi connectivity index (χ0) is 36.5. The van der Waals surface area contributed by atoms with Gasteiger partial charge in [-0.25, -0.2) is 4.98 Å². The van der Waals surface area contributed by atoms with E-state index in [-0.39, 0.29) is 0 Å². The molecule has 1 aliphatic rings. The first-order valence-electron chi connectivity index (χ1n) is 18.4. The van der Waals surface area contributed by atoms with Crippen molar-refractivity contribution in [3.63, 3.8) is 0 Å². The summed E-state index contributed by atoms with van der Waals surface area (Å²) in [5.41, 5.74) is 11.3. The van der Waals surface area contributed by atoms with E-state index in [9.17, 15) is 5.26 Å². The van der Waals surface area contributed by atoms with Crippen LogP contribution in [-0.2, 0) is 0 Å². The molecule has 1 aliphatic heterocycles. The number of rotatable bonds is 4. The van der Waals surface area contributed by atoms with Crippen molar-refractivity contribution < 1.29 is 4.74 Å². The van der Waals surface area contributed by atoms with Crippen molar-refractivity contribution in [3.05, 3.63) is 182 Å². The summed E-state index contributed by atoms with van der Waals surface area (Å²) in [6.45, 7) is 0. The van der Waals surface area contributed by atoms with Crippen LogP contribution in [0.3, 0.4) is 0 Å². The lowest BCUT2D eigenvalue weighted by atomic mass is 9.88. The molecule has 0 fully saturated rings. The van der Waals surface area contributed by atoms with Crippen LogP contribution >= 0.6 is 0 Å². The molecule has 0 N–H and O–H groups in total. The molecular formula is C51H29N3O. The molecule has 4 nitrogen and oxygen atoms in total. The molecule has 8 aromatic carbocycles. The van der Waals surface area contributed by atoms with E-state index in [0.717, 1.165) is 72.6 Å². The summed E-state index contributed by atoms with van der Waals surface area (Å²) in [5.74, 6) is 1.60. The Labute approximate surface area is 317 Å². The minimum absolute atomic E-state index is 0.655. The van der Waals surface area contributed by atoms with Crippen LogP contribution in [0.15, 0.2) is 176 Å². The SMILES string of the molecule is N#Cc1ccc2c3c(cccc13)Oc1cc(-c3ccc(-c4cc5c6ccccc6c(-c6cccc(-c7ccncc7)n6)cc5c5ccccc45)cc3)ccc1-2. The van der Waals surface area contributed by atoms with Gasteiger partial charge in [0.25, 0.3) is 0 Å². The molecule has 0 amide bonds. The Morgan fingerprint density at radius 1 is 0.400 bits per heavy atom. The van der Waals surface area contributed by atoms with Crippen molar-refractivity contribution in [2.75, 3.05) is 0 Å².